The van der Waals surface area contributed by atoms with Crippen LogP contribution >= 0.6 is 11.6 Å². The largest absolute Gasteiger partial charge is 0.386 e. The summed E-state index contributed by atoms with van der Waals surface area (Å²) in [6.07, 6.45) is 1.52. The van der Waals surface area contributed by atoms with Crippen LogP contribution in [0.15, 0.2) is 35.6 Å². The zero-order chi connectivity index (χ0) is 11.4. The van der Waals surface area contributed by atoms with Crippen LogP contribution in [0.4, 0.5) is 5.69 Å². The Labute approximate surface area is 96.7 Å². The molecule has 0 bridgehead atoms. The van der Waals surface area contributed by atoms with E-state index in [9.17, 15) is 0 Å². The Balaban J connectivity index is 2.23. The standard InChI is InChI=1S/C9H9ClN6/c10-5-9(11)13-7-1-3-8(4-2-7)16-6-12-14-15-16/h1-4,6H,5H2,(H2,11,13). The Morgan fingerprint density at radius 3 is 2.69 bits per heavy atom. The zero-order valence-electron chi connectivity index (χ0n) is 8.29. The summed E-state index contributed by atoms with van der Waals surface area (Å²) in [5.41, 5.74) is 7.12. The number of aromatic nitrogens is 4. The lowest BCUT2D eigenvalue weighted by atomic mass is 10.3. The molecule has 16 heavy (non-hydrogen) atoms. The second-order valence-corrected chi connectivity index (χ2v) is 3.27. The van der Waals surface area contributed by atoms with Crippen molar-refractivity contribution in [1.82, 2.24) is 20.2 Å². The maximum atomic E-state index is 5.53. The van der Waals surface area contributed by atoms with Crippen LogP contribution in [0.2, 0.25) is 0 Å². The van der Waals surface area contributed by atoms with Crippen LogP contribution in [0.1, 0.15) is 0 Å². The Kier molecular flexibility index (Phi) is 3.11. The van der Waals surface area contributed by atoms with E-state index in [0.717, 1.165) is 11.4 Å². The van der Waals surface area contributed by atoms with Crippen molar-refractivity contribution in [2.75, 3.05) is 5.88 Å². The van der Waals surface area contributed by atoms with Gasteiger partial charge in [-0.15, -0.1) is 16.7 Å². The minimum absolute atomic E-state index is 0.217. The monoisotopic (exact) mass is 236 g/mol. The van der Waals surface area contributed by atoms with Crippen LogP contribution in [0.5, 0.6) is 0 Å². The van der Waals surface area contributed by atoms with Gasteiger partial charge in [0.15, 0.2) is 0 Å². The molecule has 7 heteroatoms. The highest BCUT2D eigenvalue weighted by Gasteiger charge is 1.97. The molecule has 2 N–H and O–H groups in total. The van der Waals surface area contributed by atoms with Gasteiger partial charge >= 0.3 is 0 Å². The van der Waals surface area contributed by atoms with Crippen LogP contribution in [0.25, 0.3) is 5.69 Å². The summed E-state index contributed by atoms with van der Waals surface area (Å²) in [6.45, 7) is 0. The van der Waals surface area contributed by atoms with Crippen molar-refractivity contribution in [2.45, 2.75) is 0 Å². The highest BCUT2D eigenvalue weighted by atomic mass is 35.5. The molecule has 0 radical (unpaired) electrons. The topological polar surface area (TPSA) is 82.0 Å². The normalized spacial score (nSPS) is 11.7. The van der Waals surface area contributed by atoms with Crippen LogP contribution in [-0.4, -0.2) is 31.9 Å². The average Bonchev–Trinajstić information content (AvgIpc) is 2.83. The average molecular weight is 237 g/mol. The molecule has 0 aliphatic heterocycles. The molecule has 0 atom stereocenters. The van der Waals surface area contributed by atoms with Gasteiger partial charge in [-0.25, -0.2) is 9.67 Å². The molecule has 0 spiro atoms. The molecule has 2 aromatic rings. The lowest BCUT2D eigenvalue weighted by Gasteiger charge is -2.00. The van der Waals surface area contributed by atoms with E-state index < -0.39 is 0 Å². The van der Waals surface area contributed by atoms with Crippen molar-refractivity contribution in [1.29, 1.82) is 0 Å². The summed E-state index contributed by atoms with van der Waals surface area (Å²) in [6, 6.07) is 7.32. The molecule has 1 aromatic heterocycles. The van der Waals surface area contributed by atoms with E-state index in [1.54, 1.807) is 4.68 Å². The summed E-state index contributed by atoms with van der Waals surface area (Å²) >= 11 is 5.53. The quantitative estimate of drug-likeness (QED) is 0.487. The number of hydrogen-bond acceptors (Lipinski definition) is 4. The third kappa shape index (κ3) is 2.34. The van der Waals surface area contributed by atoms with Crippen LogP contribution < -0.4 is 5.73 Å². The third-order valence-electron chi connectivity index (χ3n) is 1.87. The molecule has 1 heterocycles. The Bertz CT molecular complexity index is 475. The van der Waals surface area contributed by atoms with Crippen molar-refractivity contribution in [3.05, 3.63) is 30.6 Å². The molecule has 0 unspecified atom stereocenters. The van der Waals surface area contributed by atoms with Crippen molar-refractivity contribution in [3.63, 3.8) is 0 Å². The molecule has 0 saturated heterocycles. The van der Waals surface area contributed by atoms with E-state index in [4.69, 9.17) is 17.3 Å². The number of aliphatic imine (C=N–C) groups is 1. The van der Waals surface area contributed by atoms with Gasteiger partial charge in [0.1, 0.15) is 12.2 Å². The predicted molar refractivity (Wildman–Crippen MR) is 61.2 cm³/mol. The van der Waals surface area contributed by atoms with Gasteiger partial charge < -0.3 is 5.73 Å². The van der Waals surface area contributed by atoms with Crippen molar-refractivity contribution in [2.24, 2.45) is 10.7 Å². The minimum Gasteiger partial charge on any atom is -0.386 e. The number of halogens is 1. The van der Waals surface area contributed by atoms with Gasteiger partial charge in [-0.3, -0.25) is 0 Å². The van der Waals surface area contributed by atoms with Crippen molar-refractivity contribution >= 4 is 23.1 Å². The lowest BCUT2D eigenvalue weighted by molar-refractivity contribution is 0.789. The van der Waals surface area contributed by atoms with Crippen molar-refractivity contribution < 1.29 is 0 Å². The molecule has 0 saturated carbocycles. The third-order valence-corrected chi connectivity index (χ3v) is 2.15. The van der Waals surface area contributed by atoms with Crippen LogP contribution in [0, 0.1) is 0 Å². The first-order valence-electron chi connectivity index (χ1n) is 4.52. The van der Waals surface area contributed by atoms with Gasteiger partial charge in [0, 0.05) is 0 Å². The summed E-state index contributed by atoms with van der Waals surface area (Å²) in [5.74, 6) is 0.603. The van der Waals surface area contributed by atoms with Gasteiger partial charge in [-0.05, 0) is 34.7 Å². The van der Waals surface area contributed by atoms with Gasteiger partial charge in [-0.2, -0.15) is 0 Å². The number of benzene rings is 1. The number of nitrogens with two attached hydrogens (primary N) is 1. The van der Waals surface area contributed by atoms with Crippen LogP contribution in [0.3, 0.4) is 0 Å². The smallest absolute Gasteiger partial charge is 0.143 e. The fraction of sp³-hybridized carbons (Fsp3) is 0.111. The molecular formula is C9H9ClN6. The minimum atomic E-state index is 0.217. The predicted octanol–water partition coefficient (Wildman–Crippen LogP) is 0.890. The molecule has 1 aromatic carbocycles. The summed E-state index contributed by atoms with van der Waals surface area (Å²) in [4.78, 5) is 4.10. The lowest BCUT2D eigenvalue weighted by Crippen LogP contribution is -2.12. The maximum Gasteiger partial charge on any atom is 0.143 e. The van der Waals surface area contributed by atoms with E-state index in [0.29, 0.717) is 5.84 Å². The molecule has 0 aliphatic carbocycles. The Morgan fingerprint density at radius 1 is 1.38 bits per heavy atom. The second kappa shape index (κ2) is 4.71. The molecule has 0 aliphatic rings. The zero-order valence-corrected chi connectivity index (χ0v) is 9.04. The van der Waals surface area contributed by atoms with Crippen molar-refractivity contribution in [3.8, 4) is 5.69 Å². The molecule has 6 nitrogen and oxygen atoms in total. The number of amidine groups is 1. The first kappa shape index (κ1) is 10.6. The molecule has 2 rings (SSSR count). The Hall–Kier alpha value is -1.95. The number of hydrogen-bond donors (Lipinski definition) is 1. The summed E-state index contributed by atoms with van der Waals surface area (Å²) in [7, 11) is 0. The number of rotatable bonds is 3. The SMILES string of the molecule is NC(CCl)=Nc1ccc(-n2cnnn2)cc1. The van der Waals surface area contributed by atoms with Gasteiger partial charge in [0.2, 0.25) is 0 Å². The van der Waals surface area contributed by atoms with E-state index in [2.05, 4.69) is 20.5 Å². The van der Waals surface area contributed by atoms with Gasteiger partial charge in [0.25, 0.3) is 0 Å². The molecular weight excluding hydrogens is 228 g/mol. The maximum absolute atomic E-state index is 5.53. The second-order valence-electron chi connectivity index (χ2n) is 3.01. The summed E-state index contributed by atoms with van der Waals surface area (Å²) < 4.78 is 1.55. The number of alkyl halides is 1. The van der Waals surface area contributed by atoms with E-state index in [1.807, 2.05) is 24.3 Å². The first-order chi connectivity index (χ1) is 7.79. The fourth-order valence-electron chi connectivity index (χ4n) is 1.16. The van der Waals surface area contributed by atoms with E-state index >= 15 is 0 Å². The van der Waals surface area contributed by atoms with Crippen LogP contribution in [-0.2, 0) is 0 Å². The first-order valence-corrected chi connectivity index (χ1v) is 5.05. The number of nitrogens with zero attached hydrogens (tertiary/aromatic N) is 5. The Morgan fingerprint density at radius 2 is 2.12 bits per heavy atom. The fourth-order valence-corrected chi connectivity index (χ4v) is 1.21. The highest BCUT2D eigenvalue weighted by Crippen LogP contribution is 2.14. The molecule has 82 valence electrons. The van der Waals surface area contributed by atoms with Gasteiger partial charge in [-0.1, -0.05) is 0 Å². The van der Waals surface area contributed by atoms with E-state index in [1.165, 1.54) is 6.33 Å². The number of tetrazole rings is 1. The molecule has 0 fully saturated rings. The molecule has 0 amide bonds. The highest BCUT2D eigenvalue weighted by molar-refractivity contribution is 6.28. The van der Waals surface area contributed by atoms with Gasteiger partial charge in [0.05, 0.1) is 17.3 Å². The summed E-state index contributed by atoms with van der Waals surface area (Å²) in [5, 5.41) is 10.9. The van der Waals surface area contributed by atoms with E-state index in [-0.39, 0.29) is 5.88 Å².